The summed E-state index contributed by atoms with van der Waals surface area (Å²) in [6.07, 6.45) is 3.08. The number of nitrogens with zero attached hydrogens (tertiary/aromatic N) is 1. The van der Waals surface area contributed by atoms with E-state index in [4.69, 9.17) is 4.42 Å². The molecule has 7 heteroatoms. The van der Waals surface area contributed by atoms with Gasteiger partial charge in [-0.2, -0.15) is 4.31 Å². The predicted octanol–water partition coefficient (Wildman–Crippen LogP) is 1.88. The quantitative estimate of drug-likeness (QED) is 0.885. The molecule has 0 aliphatic heterocycles. The number of rotatable bonds is 6. The summed E-state index contributed by atoms with van der Waals surface area (Å²) in [6.45, 7) is 0.976. The van der Waals surface area contributed by atoms with Crippen molar-refractivity contribution in [2.45, 2.75) is 17.3 Å². The highest BCUT2D eigenvalue weighted by atomic mass is 32.2. The van der Waals surface area contributed by atoms with E-state index in [0.717, 1.165) is 10.4 Å². The summed E-state index contributed by atoms with van der Waals surface area (Å²) in [4.78, 5) is 0.998. The normalized spacial score (nSPS) is 12.2. The van der Waals surface area contributed by atoms with Gasteiger partial charge in [-0.25, -0.2) is 8.42 Å². The summed E-state index contributed by atoms with van der Waals surface area (Å²) in [5.41, 5.74) is 0.832. The Balaban J connectivity index is 2.16. The van der Waals surface area contributed by atoms with Crippen molar-refractivity contribution in [3.8, 4) is 0 Å². The summed E-state index contributed by atoms with van der Waals surface area (Å²) in [7, 11) is -0.0286. The first-order chi connectivity index (χ1) is 9.04. The maximum atomic E-state index is 12.4. The lowest BCUT2D eigenvalue weighted by Crippen LogP contribution is -2.25. The molecule has 19 heavy (non-hydrogen) atoms. The molecule has 0 radical (unpaired) electrons. The van der Waals surface area contributed by atoms with Crippen molar-refractivity contribution in [3.05, 3.63) is 41.2 Å². The van der Waals surface area contributed by atoms with Gasteiger partial charge in [-0.1, -0.05) is 0 Å². The van der Waals surface area contributed by atoms with Gasteiger partial charge >= 0.3 is 0 Å². The number of furan rings is 1. The summed E-state index contributed by atoms with van der Waals surface area (Å²) in [5, 5.41) is 3.00. The Morgan fingerprint density at radius 2 is 2.16 bits per heavy atom. The third-order valence-corrected chi connectivity index (χ3v) is 5.99. The Bertz CT molecular complexity index is 617. The molecule has 5 nitrogen and oxygen atoms in total. The third-order valence-electron chi connectivity index (χ3n) is 2.64. The Labute approximate surface area is 116 Å². The lowest BCUT2D eigenvalue weighted by atomic mass is 10.3. The number of nitrogens with one attached hydrogen (secondary N) is 1. The van der Waals surface area contributed by atoms with E-state index in [-0.39, 0.29) is 0 Å². The molecule has 0 saturated carbocycles. The number of hydrogen-bond donors (Lipinski definition) is 1. The monoisotopic (exact) mass is 300 g/mol. The maximum Gasteiger partial charge on any atom is 0.252 e. The van der Waals surface area contributed by atoms with Crippen LogP contribution in [0.4, 0.5) is 0 Å². The van der Waals surface area contributed by atoms with E-state index in [1.54, 1.807) is 25.4 Å². The highest BCUT2D eigenvalue weighted by Gasteiger charge is 2.23. The molecule has 0 aromatic carbocycles. The molecule has 0 amide bonds. The average molecular weight is 300 g/mol. The Kier molecular flexibility index (Phi) is 4.41. The van der Waals surface area contributed by atoms with Gasteiger partial charge in [0.25, 0.3) is 10.0 Å². The molecular formula is C12H16N2O3S2. The highest BCUT2D eigenvalue weighted by molar-refractivity contribution is 7.91. The second-order valence-corrected chi connectivity index (χ2v) is 7.58. The van der Waals surface area contributed by atoms with Crippen LogP contribution in [0.3, 0.4) is 0 Å². The Morgan fingerprint density at radius 1 is 1.37 bits per heavy atom. The molecule has 0 spiro atoms. The first-order valence-electron chi connectivity index (χ1n) is 5.75. The minimum Gasteiger partial charge on any atom is -0.472 e. The van der Waals surface area contributed by atoms with Crippen LogP contribution < -0.4 is 5.32 Å². The van der Waals surface area contributed by atoms with Crippen LogP contribution in [0.1, 0.15) is 10.4 Å². The molecule has 0 aliphatic carbocycles. The number of thiophene rings is 1. The fourth-order valence-electron chi connectivity index (χ4n) is 1.64. The van der Waals surface area contributed by atoms with Crippen molar-refractivity contribution in [1.82, 2.24) is 9.62 Å². The first kappa shape index (κ1) is 14.3. The topological polar surface area (TPSA) is 62.6 Å². The van der Waals surface area contributed by atoms with Gasteiger partial charge in [0, 0.05) is 30.6 Å². The molecule has 0 unspecified atom stereocenters. The Morgan fingerprint density at radius 3 is 2.79 bits per heavy atom. The van der Waals surface area contributed by atoms with Crippen LogP contribution in [0.25, 0.3) is 0 Å². The molecule has 0 saturated heterocycles. The Hall–Kier alpha value is -1.15. The van der Waals surface area contributed by atoms with Gasteiger partial charge in [-0.05, 0) is 25.2 Å². The lowest BCUT2D eigenvalue weighted by molar-refractivity contribution is 0.465. The minimum atomic E-state index is -3.43. The maximum absolute atomic E-state index is 12.4. The fraction of sp³-hybridized carbons (Fsp3) is 0.333. The molecular weight excluding hydrogens is 284 g/mol. The van der Waals surface area contributed by atoms with E-state index in [0.29, 0.717) is 17.3 Å². The molecule has 104 valence electrons. The van der Waals surface area contributed by atoms with Crippen LogP contribution in [0.5, 0.6) is 0 Å². The van der Waals surface area contributed by atoms with Crippen molar-refractivity contribution < 1.29 is 12.8 Å². The van der Waals surface area contributed by atoms with E-state index < -0.39 is 10.0 Å². The smallest absolute Gasteiger partial charge is 0.252 e. The average Bonchev–Trinajstić information content (AvgIpc) is 3.00. The summed E-state index contributed by atoms with van der Waals surface area (Å²) < 4.78 is 31.4. The molecule has 0 bridgehead atoms. The summed E-state index contributed by atoms with van der Waals surface area (Å²) >= 11 is 1.29. The zero-order valence-corrected chi connectivity index (χ0v) is 12.4. The molecule has 2 rings (SSSR count). The highest BCUT2D eigenvalue weighted by Crippen LogP contribution is 2.25. The van der Waals surface area contributed by atoms with E-state index >= 15 is 0 Å². The predicted molar refractivity (Wildman–Crippen MR) is 74.4 cm³/mol. The van der Waals surface area contributed by atoms with Crippen molar-refractivity contribution >= 4 is 21.4 Å². The van der Waals surface area contributed by atoms with Crippen molar-refractivity contribution in [1.29, 1.82) is 0 Å². The zero-order valence-electron chi connectivity index (χ0n) is 10.8. The van der Waals surface area contributed by atoms with Gasteiger partial charge < -0.3 is 9.73 Å². The van der Waals surface area contributed by atoms with Crippen molar-refractivity contribution in [2.24, 2.45) is 0 Å². The zero-order chi connectivity index (χ0) is 13.9. The van der Waals surface area contributed by atoms with Crippen LogP contribution in [0.2, 0.25) is 0 Å². The molecule has 0 aliphatic rings. The van der Waals surface area contributed by atoms with E-state index in [2.05, 4.69) is 5.32 Å². The number of hydrogen-bond acceptors (Lipinski definition) is 5. The van der Waals surface area contributed by atoms with E-state index in [1.807, 2.05) is 13.1 Å². The fourth-order valence-corrected chi connectivity index (χ4v) is 4.38. The molecule has 2 heterocycles. The standard InChI is InChI=1S/C12H16N2O3S2/c1-13-7-11-3-4-12(18-11)19(15,16)14(2)8-10-5-6-17-9-10/h3-6,9,13H,7-8H2,1-2H3. The van der Waals surface area contributed by atoms with Crippen LogP contribution in [-0.2, 0) is 23.1 Å². The van der Waals surface area contributed by atoms with E-state index in [9.17, 15) is 8.42 Å². The van der Waals surface area contributed by atoms with Crippen LogP contribution in [-0.4, -0.2) is 26.8 Å². The van der Waals surface area contributed by atoms with Crippen LogP contribution >= 0.6 is 11.3 Å². The van der Waals surface area contributed by atoms with Crippen molar-refractivity contribution in [2.75, 3.05) is 14.1 Å². The third kappa shape index (κ3) is 3.24. The van der Waals surface area contributed by atoms with E-state index in [1.165, 1.54) is 21.9 Å². The largest absolute Gasteiger partial charge is 0.472 e. The minimum absolute atomic E-state index is 0.304. The first-order valence-corrected chi connectivity index (χ1v) is 8.00. The van der Waals surface area contributed by atoms with Crippen LogP contribution in [0, 0.1) is 0 Å². The molecule has 2 aromatic heterocycles. The van der Waals surface area contributed by atoms with Gasteiger partial charge in [0.2, 0.25) is 0 Å². The second-order valence-electron chi connectivity index (χ2n) is 4.14. The SMILES string of the molecule is CNCc1ccc(S(=O)(=O)N(C)Cc2ccoc2)s1. The van der Waals surface area contributed by atoms with Crippen molar-refractivity contribution in [3.63, 3.8) is 0 Å². The molecule has 0 fully saturated rings. The molecule has 0 atom stereocenters. The van der Waals surface area contributed by atoms with Gasteiger partial charge in [-0.3, -0.25) is 0 Å². The van der Waals surface area contributed by atoms with Gasteiger partial charge in [0.15, 0.2) is 0 Å². The lowest BCUT2D eigenvalue weighted by Gasteiger charge is -2.14. The molecule has 1 N–H and O–H groups in total. The van der Waals surface area contributed by atoms with Gasteiger partial charge in [-0.15, -0.1) is 11.3 Å². The van der Waals surface area contributed by atoms with Gasteiger partial charge in [0.1, 0.15) is 4.21 Å². The summed E-state index contributed by atoms with van der Waals surface area (Å²) in [5.74, 6) is 0. The van der Waals surface area contributed by atoms with Crippen LogP contribution in [0.15, 0.2) is 39.4 Å². The second kappa shape index (κ2) is 5.87. The number of sulfonamides is 1. The molecule has 2 aromatic rings. The van der Waals surface area contributed by atoms with Gasteiger partial charge in [0.05, 0.1) is 12.5 Å². The summed E-state index contributed by atoms with van der Waals surface area (Å²) in [6, 6.07) is 5.24.